The number of ketones is 1. The summed E-state index contributed by atoms with van der Waals surface area (Å²) in [4.78, 5) is 11.4. The molecule has 2 rings (SSSR count). The lowest BCUT2D eigenvalue weighted by atomic mass is 10.1. The van der Waals surface area contributed by atoms with Crippen LogP contribution in [0.5, 0.6) is 0 Å². The third-order valence-corrected chi connectivity index (χ3v) is 2.53. The Morgan fingerprint density at radius 1 is 1.31 bits per heavy atom. The topological polar surface area (TPSA) is 26.3 Å². The van der Waals surface area contributed by atoms with Crippen molar-refractivity contribution in [2.24, 2.45) is 0 Å². The molecular formula is C11H12O2. The van der Waals surface area contributed by atoms with Crippen molar-refractivity contribution >= 4 is 5.78 Å². The van der Waals surface area contributed by atoms with E-state index in [1.165, 1.54) is 5.57 Å². The van der Waals surface area contributed by atoms with Crippen LogP contribution in [-0.4, -0.2) is 12.9 Å². The molecule has 0 heterocycles. The predicted octanol–water partition coefficient (Wildman–Crippen LogP) is 2.14. The molecular weight excluding hydrogens is 164 g/mol. The molecule has 68 valence electrons. The number of rotatable bonds is 1. The molecule has 2 aliphatic carbocycles. The molecule has 2 nitrogen and oxygen atoms in total. The van der Waals surface area contributed by atoms with Crippen molar-refractivity contribution in [2.45, 2.75) is 19.3 Å². The normalized spacial score (nSPS) is 21.3. The summed E-state index contributed by atoms with van der Waals surface area (Å²) < 4.78 is 5.11. The van der Waals surface area contributed by atoms with Crippen molar-refractivity contribution in [3.8, 4) is 0 Å². The number of allylic oxidation sites excluding steroid dienone is 5. The van der Waals surface area contributed by atoms with Crippen LogP contribution in [0.4, 0.5) is 0 Å². The highest BCUT2D eigenvalue weighted by Gasteiger charge is 2.21. The zero-order valence-electron chi connectivity index (χ0n) is 7.67. The van der Waals surface area contributed by atoms with Crippen LogP contribution >= 0.6 is 0 Å². The van der Waals surface area contributed by atoms with Crippen LogP contribution in [0.3, 0.4) is 0 Å². The lowest BCUT2D eigenvalue weighted by Gasteiger charge is -1.98. The standard InChI is InChI=1S/C11H12O2/c1-13-9-4-2-8-3-7-11(12)10(8)6-5-9/h4-6H,2-3,7H2,1H3. The van der Waals surface area contributed by atoms with Gasteiger partial charge in [0.15, 0.2) is 5.78 Å². The molecule has 0 bridgehead atoms. The highest BCUT2D eigenvalue weighted by Crippen LogP contribution is 2.29. The fourth-order valence-corrected chi connectivity index (χ4v) is 1.76. The second kappa shape index (κ2) is 3.21. The SMILES string of the molecule is COC1=CCC2=C(C=C1)C(=O)CC2. The van der Waals surface area contributed by atoms with E-state index in [2.05, 4.69) is 0 Å². The summed E-state index contributed by atoms with van der Waals surface area (Å²) in [6.45, 7) is 0. The molecule has 0 fully saturated rings. The predicted molar refractivity (Wildman–Crippen MR) is 50.1 cm³/mol. The third kappa shape index (κ3) is 1.44. The van der Waals surface area contributed by atoms with Crippen molar-refractivity contribution < 1.29 is 9.53 Å². The minimum Gasteiger partial charge on any atom is -0.497 e. The highest BCUT2D eigenvalue weighted by atomic mass is 16.5. The van der Waals surface area contributed by atoms with Crippen molar-refractivity contribution in [2.75, 3.05) is 7.11 Å². The number of ether oxygens (including phenoxy) is 1. The van der Waals surface area contributed by atoms with Gasteiger partial charge in [0.2, 0.25) is 0 Å². The number of hydrogen-bond acceptors (Lipinski definition) is 2. The highest BCUT2D eigenvalue weighted by molar-refractivity contribution is 6.01. The van der Waals surface area contributed by atoms with E-state index in [4.69, 9.17) is 4.74 Å². The van der Waals surface area contributed by atoms with Gasteiger partial charge < -0.3 is 4.74 Å². The van der Waals surface area contributed by atoms with Gasteiger partial charge in [-0.15, -0.1) is 0 Å². The Bertz CT molecular complexity index is 332. The first-order chi connectivity index (χ1) is 6.31. The minimum absolute atomic E-state index is 0.275. The molecule has 2 heteroatoms. The molecule has 0 saturated carbocycles. The van der Waals surface area contributed by atoms with Crippen LogP contribution < -0.4 is 0 Å². The first-order valence-corrected chi connectivity index (χ1v) is 4.48. The van der Waals surface area contributed by atoms with Gasteiger partial charge in [0, 0.05) is 12.0 Å². The average Bonchev–Trinajstić information content (AvgIpc) is 2.38. The van der Waals surface area contributed by atoms with Gasteiger partial charge >= 0.3 is 0 Å². The van der Waals surface area contributed by atoms with E-state index in [0.29, 0.717) is 6.42 Å². The molecule has 0 spiro atoms. The van der Waals surface area contributed by atoms with Crippen molar-refractivity contribution in [3.63, 3.8) is 0 Å². The first kappa shape index (κ1) is 8.30. The summed E-state index contributed by atoms with van der Waals surface area (Å²) >= 11 is 0. The molecule has 0 N–H and O–H groups in total. The molecule has 0 aromatic rings. The van der Waals surface area contributed by atoms with Crippen LogP contribution in [0.1, 0.15) is 19.3 Å². The van der Waals surface area contributed by atoms with Crippen LogP contribution in [-0.2, 0) is 9.53 Å². The maximum absolute atomic E-state index is 11.4. The summed E-state index contributed by atoms with van der Waals surface area (Å²) in [6, 6.07) is 0. The molecule has 2 aliphatic rings. The Morgan fingerprint density at radius 2 is 2.15 bits per heavy atom. The monoisotopic (exact) mass is 176 g/mol. The number of hydrogen-bond donors (Lipinski definition) is 0. The summed E-state index contributed by atoms with van der Waals surface area (Å²) in [6.07, 6.45) is 8.24. The van der Waals surface area contributed by atoms with Gasteiger partial charge in [-0.1, -0.05) is 5.57 Å². The molecule has 0 atom stereocenters. The Kier molecular flexibility index (Phi) is 2.05. The van der Waals surface area contributed by atoms with E-state index >= 15 is 0 Å². The molecule has 0 aromatic heterocycles. The van der Waals surface area contributed by atoms with Crippen LogP contribution in [0.15, 0.2) is 35.1 Å². The fraction of sp³-hybridized carbons (Fsp3) is 0.364. The molecule has 0 radical (unpaired) electrons. The summed E-state index contributed by atoms with van der Waals surface area (Å²) in [7, 11) is 1.65. The largest absolute Gasteiger partial charge is 0.497 e. The van der Waals surface area contributed by atoms with E-state index in [9.17, 15) is 4.79 Å². The second-order valence-electron chi connectivity index (χ2n) is 3.29. The zero-order valence-corrected chi connectivity index (χ0v) is 7.67. The Morgan fingerprint density at radius 3 is 2.92 bits per heavy atom. The van der Waals surface area contributed by atoms with E-state index in [0.717, 1.165) is 24.2 Å². The maximum Gasteiger partial charge on any atom is 0.163 e. The lowest BCUT2D eigenvalue weighted by molar-refractivity contribution is -0.114. The van der Waals surface area contributed by atoms with E-state index in [1.807, 2.05) is 18.2 Å². The Balaban J connectivity index is 2.28. The zero-order chi connectivity index (χ0) is 9.26. The van der Waals surface area contributed by atoms with Crippen molar-refractivity contribution in [1.82, 2.24) is 0 Å². The Hall–Kier alpha value is -1.31. The third-order valence-electron chi connectivity index (χ3n) is 2.53. The molecule has 0 unspecified atom stereocenters. The van der Waals surface area contributed by atoms with E-state index in [1.54, 1.807) is 7.11 Å². The average molecular weight is 176 g/mol. The van der Waals surface area contributed by atoms with Gasteiger partial charge in [0.25, 0.3) is 0 Å². The molecule has 0 aliphatic heterocycles. The van der Waals surface area contributed by atoms with Gasteiger partial charge in [-0.3, -0.25) is 4.79 Å². The quantitative estimate of drug-likeness (QED) is 0.611. The molecule has 13 heavy (non-hydrogen) atoms. The van der Waals surface area contributed by atoms with Gasteiger partial charge in [-0.25, -0.2) is 0 Å². The number of carbonyl (C=O) groups is 1. The second-order valence-corrected chi connectivity index (χ2v) is 3.29. The Labute approximate surface area is 77.6 Å². The lowest BCUT2D eigenvalue weighted by Crippen LogP contribution is -1.92. The van der Waals surface area contributed by atoms with Gasteiger partial charge in [0.05, 0.1) is 7.11 Å². The van der Waals surface area contributed by atoms with E-state index in [-0.39, 0.29) is 5.78 Å². The van der Waals surface area contributed by atoms with Crippen LogP contribution in [0, 0.1) is 0 Å². The fourth-order valence-electron chi connectivity index (χ4n) is 1.76. The summed E-state index contributed by atoms with van der Waals surface area (Å²) in [5, 5.41) is 0. The summed E-state index contributed by atoms with van der Waals surface area (Å²) in [5.41, 5.74) is 2.16. The van der Waals surface area contributed by atoms with Crippen molar-refractivity contribution in [3.05, 3.63) is 35.1 Å². The molecule has 0 aromatic carbocycles. The van der Waals surface area contributed by atoms with Crippen LogP contribution in [0.25, 0.3) is 0 Å². The number of carbonyl (C=O) groups excluding carboxylic acids is 1. The van der Waals surface area contributed by atoms with E-state index < -0.39 is 0 Å². The molecule has 0 amide bonds. The number of methoxy groups -OCH3 is 1. The van der Waals surface area contributed by atoms with Gasteiger partial charge in [0.1, 0.15) is 5.76 Å². The van der Waals surface area contributed by atoms with Gasteiger partial charge in [-0.05, 0) is 31.1 Å². The van der Waals surface area contributed by atoms with Crippen molar-refractivity contribution in [1.29, 1.82) is 0 Å². The maximum atomic E-state index is 11.4. The van der Waals surface area contributed by atoms with Crippen LogP contribution in [0.2, 0.25) is 0 Å². The van der Waals surface area contributed by atoms with Gasteiger partial charge in [-0.2, -0.15) is 0 Å². The smallest absolute Gasteiger partial charge is 0.163 e. The molecule has 0 saturated heterocycles. The summed E-state index contributed by atoms with van der Waals surface area (Å²) in [5.74, 6) is 1.12. The minimum atomic E-state index is 0.275. The first-order valence-electron chi connectivity index (χ1n) is 4.48. The number of Topliss-reactive ketones (excluding diaryl/α,β-unsaturated/α-hetero) is 1.